The predicted molar refractivity (Wildman–Crippen MR) is 141 cm³/mol. The van der Waals surface area contributed by atoms with Crippen LogP contribution in [0.3, 0.4) is 0 Å². The number of carbonyl (C=O) groups excluding carboxylic acids is 3. The van der Waals surface area contributed by atoms with Crippen LogP contribution in [0.4, 0.5) is 5.69 Å². The van der Waals surface area contributed by atoms with E-state index in [1.54, 1.807) is 48.5 Å². The van der Waals surface area contributed by atoms with E-state index in [0.29, 0.717) is 16.0 Å². The Hall–Kier alpha value is -3.91. The van der Waals surface area contributed by atoms with Gasteiger partial charge in [0.15, 0.2) is 0 Å². The highest BCUT2D eigenvalue weighted by atomic mass is 35.5. The molecule has 0 aromatic heterocycles. The van der Waals surface area contributed by atoms with Crippen molar-refractivity contribution in [3.63, 3.8) is 0 Å². The first kappa shape index (κ1) is 25.2. The zero-order chi connectivity index (χ0) is 25.7. The molecule has 0 saturated heterocycles. The third-order valence-corrected chi connectivity index (χ3v) is 5.85. The molecule has 0 heterocycles. The molecule has 0 aliphatic carbocycles. The summed E-state index contributed by atoms with van der Waals surface area (Å²) in [5.74, 6) is -2.51. The molecule has 4 rings (SSSR count). The zero-order valence-electron chi connectivity index (χ0n) is 18.3. The summed E-state index contributed by atoms with van der Waals surface area (Å²) in [6, 6.07) is 21.6. The van der Waals surface area contributed by atoms with E-state index in [4.69, 9.17) is 39.5 Å². The number of hydrazone groups is 1. The molecule has 2 N–H and O–H groups in total. The Morgan fingerprint density at radius 1 is 0.806 bits per heavy atom. The fourth-order valence-electron chi connectivity index (χ4n) is 3.26. The van der Waals surface area contributed by atoms with Crippen LogP contribution in [0.25, 0.3) is 10.8 Å². The highest BCUT2D eigenvalue weighted by Gasteiger charge is 2.17. The van der Waals surface area contributed by atoms with Gasteiger partial charge in [0.1, 0.15) is 5.75 Å². The van der Waals surface area contributed by atoms with Crippen LogP contribution in [0.5, 0.6) is 5.75 Å². The Kier molecular flexibility index (Phi) is 7.85. The summed E-state index contributed by atoms with van der Waals surface area (Å²) in [5, 5.41) is 8.64. The minimum Gasteiger partial charge on any atom is -0.422 e. The van der Waals surface area contributed by atoms with E-state index < -0.39 is 17.8 Å². The van der Waals surface area contributed by atoms with Crippen molar-refractivity contribution in [2.45, 2.75) is 0 Å². The van der Waals surface area contributed by atoms with Gasteiger partial charge in [-0.15, -0.1) is 0 Å². The maximum Gasteiger partial charge on any atom is 0.345 e. The van der Waals surface area contributed by atoms with Crippen molar-refractivity contribution in [1.82, 2.24) is 5.43 Å². The molecule has 7 nitrogen and oxygen atoms in total. The molecule has 4 aromatic rings. The number of hydrogen-bond acceptors (Lipinski definition) is 5. The van der Waals surface area contributed by atoms with Crippen molar-refractivity contribution in [3.05, 3.63) is 105 Å². The summed E-state index contributed by atoms with van der Waals surface area (Å²) < 4.78 is 5.59. The number of hydrogen-bond donors (Lipinski definition) is 2. The van der Waals surface area contributed by atoms with Crippen molar-refractivity contribution in [2.24, 2.45) is 5.10 Å². The first-order valence-corrected chi connectivity index (χ1v) is 11.5. The zero-order valence-corrected chi connectivity index (χ0v) is 20.6. The summed E-state index contributed by atoms with van der Waals surface area (Å²) in [4.78, 5) is 37.2. The molecule has 10 heteroatoms. The Labute approximate surface area is 220 Å². The number of rotatable bonds is 5. The number of esters is 1. The number of nitrogens with zero attached hydrogens (tertiary/aromatic N) is 1. The van der Waals surface area contributed by atoms with Crippen molar-refractivity contribution in [2.75, 3.05) is 5.32 Å². The molecule has 4 aromatic carbocycles. The first-order chi connectivity index (χ1) is 17.3. The molecule has 0 radical (unpaired) electrons. The minimum absolute atomic E-state index is 0.127. The Morgan fingerprint density at radius 2 is 1.56 bits per heavy atom. The lowest BCUT2D eigenvalue weighted by molar-refractivity contribution is -0.136. The van der Waals surface area contributed by atoms with Gasteiger partial charge in [0.25, 0.3) is 0 Å². The van der Waals surface area contributed by atoms with Crippen molar-refractivity contribution >= 4 is 75.3 Å². The third-order valence-electron chi connectivity index (χ3n) is 4.97. The van der Waals surface area contributed by atoms with Crippen LogP contribution < -0.4 is 15.5 Å². The lowest BCUT2D eigenvalue weighted by Gasteiger charge is -2.11. The molecular formula is C26H16Cl3N3O4. The Bertz CT molecular complexity index is 1520. The van der Waals surface area contributed by atoms with E-state index in [0.717, 1.165) is 5.39 Å². The average molecular weight is 541 g/mol. The number of para-hydroxylation sites is 1. The van der Waals surface area contributed by atoms with Crippen molar-refractivity contribution < 1.29 is 19.1 Å². The fourth-order valence-corrected chi connectivity index (χ4v) is 3.92. The number of benzene rings is 4. The normalized spacial score (nSPS) is 10.9. The van der Waals surface area contributed by atoms with Crippen LogP contribution in [-0.2, 0) is 9.59 Å². The maximum atomic E-state index is 12.8. The van der Waals surface area contributed by atoms with Crippen molar-refractivity contribution in [1.29, 1.82) is 0 Å². The molecule has 0 saturated carbocycles. The minimum atomic E-state index is -1.02. The van der Waals surface area contributed by atoms with Gasteiger partial charge in [0, 0.05) is 10.6 Å². The number of carbonyl (C=O) groups is 3. The summed E-state index contributed by atoms with van der Waals surface area (Å²) in [6.45, 7) is 0. The maximum absolute atomic E-state index is 12.8. The number of fused-ring (bicyclic) bond motifs is 1. The number of amides is 2. The van der Waals surface area contributed by atoms with Crippen LogP contribution in [0.1, 0.15) is 15.9 Å². The van der Waals surface area contributed by atoms with E-state index in [1.165, 1.54) is 24.4 Å². The smallest absolute Gasteiger partial charge is 0.345 e. The molecule has 0 spiro atoms. The van der Waals surface area contributed by atoms with E-state index in [9.17, 15) is 14.4 Å². The van der Waals surface area contributed by atoms with Crippen LogP contribution >= 0.6 is 34.8 Å². The summed E-state index contributed by atoms with van der Waals surface area (Å²) >= 11 is 18.0. The molecule has 0 atom stereocenters. The number of anilines is 1. The van der Waals surface area contributed by atoms with E-state index in [1.807, 2.05) is 12.1 Å². The molecule has 36 heavy (non-hydrogen) atoms. The average Bonchev–Trinajstić information content (AvgIpc) is 2.86. The van der Waals surface area contributed by atoms with Crippen LogP contribution in [0, 0.1) is 0 Å². The monoisotopic (exact) mass is 539 g/mol. The van der Waals surface area contributed by atoms with Gasteiger partial charge in [-0.3, -0.25) is 9.59 Å². The lowest BCUT2D eigenvalue weighted by atomic mass is 10.0. The van der Waals surface area contributed by atoms with Gasteiger partial charge in [-0.2, -0.15) is 5.10 Å². The Balaban J connectivity index is 1.56. The molecular weight excluding hydrogens is 525 g/mol. The van der Waals surface area contributed by atoms with Gasteiger partial charge in [0.05, 0.1) is 27.5 Å². The SMILES string of the molecule is O=C(NN=Cc1c(OC(=O)c2ccc(Cl)cc2Cl)ccc2ccccc12)C(=O)Nc1ccccc1Cl. The second-order valence-corrected chi connectivity index (χ2v) is 8.60. The predicted octanol–water partition coefficient (Wildman–Crippen LogP) is 6.11. The van der Waals surface area contributed by atoms with E-state index in [-0.39, 0.29) is 27.0 Å². The number of ether oxygens (including phenoxy) is 1. The van der Waals surface area contributed by atoms with Gasteiger partial charge in [0.2, 0.25) is 0 Å². The van der Waals surface area contributed by atoms with Crippen LogP contribution in [0.15, 0.2) is 84.0 Å². The Morgan fingerprint density at radius 3 is 2.33 bits per heavy atom. The van der Waals surface area contributed by atoms with E-state index in [2.05, 4.69) is 15.8 Å². The van der Waals surface area contributed by atoms with Gasteiger partial charge < -0.3 is 10.1 Å². The second kappa shape index (κ2) is 11.2. The second-order valence-electron chi connectivity index (χ2n) is 7.35. The standard InChI is InChI=1S/C26H16Cl3N3O4/c27-16-10-11-18(21(29)13-16)26(35)36-23-12-9-15-5-1-2-6-17(15)19(23)14-30-32-25(34)24(33)31-22-8-4-3-7-20(22)28/h1-14H,(H,31,33)(H,32,34). The van der Waals surface area contributed by atoms with Gasteiger partial charge in [-0.05, 0) is 47.2 Å². The summed E-state index contributed by atoms with van der Waals surface area (Å²) in [5.41, 5.74) is 2.97. The van der Waals surface area contributed by atoms with Crippen LogP contribution in [-0.4, -0.2) is 24.0 Å². The fraction of sp³-hybridized carbons (Fsp3) is 0. The third kappa shape index (κ3) is 5.83. The quantitative estimate of drug-likeness (QED) is 0.105. The summed E-state index contributed by atoms with van der Waals surface area (Å²) in [7, 11) is 0. The number of nitrogens with one attached hydrogen (secondary N) is 2. The molecule has 0 aliphatic rings. The topological polar surface area (TPSA) is 96.9 Å². The number of halogens is 3. The molecule has 2 amide bonds. The largest absolute Gasteiger partial charge is 0.422 e. The molecule has 0 aliphatic heterocycles. The highest BCUT2D eigenvalue weighted by molar-refractivity contribution is 6.41. The molecule has 0 fully saturated rings. The first-order valence-electron chi connectivity index (χ1n) is 10.4. The van der Waals surface area contributed by atoms with E-state index >= 15 is 0 Å². The van der Waals surface area contributed by atoms with Gasteiger partial charge >= 0.3 is 17.8 Å². The van der Waals surface area contributed by atoms with Crippen molar-refractivity contribution in [3.8, 4) is 5.75 Å². The summed E-state index contributed by atoms with van der Waals surface area (Å²) in [6.07, 6.45) is 1.29. The van der Waals surface area contributed by atoms with Gasteiger partial charge in [-0.1, -0.05) is 77.3 Å². The molecule has 0 bridgehead atoms. The lowest BCUT2D eigenvalue weighted by Crippen LogP contribution is -2.32. The van der Waals surface area contributed by atoms with Gasteiger partial charge in [-0.25, -0.2) is 10.2 Å². The van der Waals surface area contributed by atoms with Crippen LogP contribution in [0.2, 0.25) is 15.1 Å². The molecule has 0 unspecified atom stereocenters. The molecule has 180 valence electrons. The highest BCUT2D eigenvalue weighted by Crippen LogP contribution is 2.29.